The minimum Gasteiger partial charge on any atom is -0.351 e. The van der Waals surface area contributed by atoms with Gasteiger partial charge in [0.2, 0.25) is 5.91 Å². The Balaban J connectivity index is 1.32. The van der Waals surface area contributed by atoms with E-state index in [0.717, 1.165) is 48.2 Å². The smallest absolute Gasteiger partial charge is 0.259 e. The molecule has 0 spiro atoms. The normalized spacial score (nSPS) is 14.2. The van der Waals surface area contributed by atoms with Crippen LogP contribution in [-0.2, 0) is 4.79 Å². The third-order valence-corrected chi connectivity index (χ3v) is 7.77. The Morgan fingerprint density at radius 2 is 1.38 bits per heavy atom. The highest BCUT2D eigenvalue weighted by Crippen LogP contribution is 2.31. The predicted octanol–water partition coefficient (Wildman–Crippen LogP) is 6.77. The van der Waals surface area contributed by atoms with Crippen LogP contribution in [0.1, 0.15) is 54.1 Å². The highest BCUT2D eigenvalue weighted by molar-refractivity contribution is 6.10. The van der Waals surface area contributed by atoms with Crippen LogP contribution in [0.25, 0.3) is 16.9 Å². The molecule has 1 aromatic heterocycles. The Morgan fingerprint density at radius 3 is 2.05 bits per heavy atom. The molecule has 210 valence electrons. The fraction of sp³-hybridized carbons (Fsp3) is 0.200. The lowest BCUT2D eigenvalue weighted by Crippen LogP contribution is -2.47. The number of benzene rings is 4. The van der Waals surface area contributed by atoms with Gasteiger partial charge in [-0.3, -0.25) is 14.5 Å². The number of para-hydroxylation sites is 1. The Kier molecular flexibility index (Phi) is 8.17. The monoisotopic (exact) mass is 555 g/mol. The average molecular weight is 556 g/mol. The first kappa shape index (κ1) is 27.1. The van der Waals surface area contributed by atoms with Crippen molar-refractivity contribution >= 4 is 17.5 Å². The molecule has 0 aliphatic heterocycles. The van der Waals surface area contributed by atoms with Crippen molar-refractivity contribution < 1.29 is 9.59 Å². The molecular weight excluding hydrogens is 522 g/mol. The number of amides is 2. The topological polar surface area (TPSA) is 80.1 Å². The largest absolute Gasteiger partial charge is 0.351 e. The van der Waals surface area contributed by atoms with Gasteiger partial charge in [0.1, 0.15) is 11.7 Å². The highest BCUT2D eigenvalue weighted by atomic mass is 16.2. The molecule has 7 heteroatoms. The Morgan fingerprint density at radius 1 is 0.762 bits per heavy atom. The summed E-state index contributed by atoms with van der Waals surface area (Å²) in [5, 5.41) is 11.9. The van der Waals surface area contributed by atoms with E-state index in [2.05, 4.69) is 15.6 Å². The average Bonchev–Trinajstić information content (AvgIpc) is 3.56. The van der Waals surface area contributed by atoms with Gasteiger partial charge in [-0.1, -0.05) is 103 Å². The molecule has 5 aromatic rings. The molecule has 1 unspecified atom stereocenters. The molecule has 1 fully saturated rings. The fourth-order valence-corrected chi connectivity index (χ4v) is 5.58. The summed E-state index contributed by atoms with van der Waals surface area (Å²) in [6, 6.07) is 35.4. The van der Waals surface area contributed by atoms with Crippen molar-refractivity contribution in [3.8, 4) is 16.9 Å². The lowest BCUT2D eigenvalue weighted by molar-refractivity contribution is -0.123. The van der Waals surface area contributed by atoms with Crippen LogP contribution >= 0.6 is 0 Å². The second-order valence-corrected chi connectivity index (χ2v) is 10.6. The number of hydrogen-bond donors (Lipinski definition) is 1. The first-order valence-electron chi connectivity index (χ1n) is 14.5. The maximum Gasteiger partial charge on any atom is 0.259 e. The van der Waals surface area contributed by atoms with Crippen molar-refractivity contribution in [3.05, 3.63) is 133 Å². The van der Waals surface area contributed by atoms with E-state index < -0.39 is 6.04 Å². The number of nitrogens with zero attached hydrogens (tertiary/aromatic N) is 4. The van der Waals surface area contributed by atoms with Crippen LogP contribution < -0.4 is 10.2 Å². The zero-order chi connectivity index (χ0) is 28.7. The molecule has 1 aliphatic rings. The molecule has 2 amide bonds. The molecule has 1 atom stereocenters. The quantitative estimate of drug-likeness (QED) is 0.229. The molecule has 0 saturated heterocycles. The van der Waals surface area contributed by atoms with Gasteiger partial charge in [0.05, 0.1) is 11.9 Å². The summed E-state index contributed by atoms with van der Waals surface area (Å²) in [5.41, 5.74) is 4.41. The second kappa shape index (κ2) is 12.6. The van der Waals surface area contributed by atoms with Gasteiger partial charge in [0.15, 0.2) is 0 Å². The number of carbonyl (C=O) groups excluding carboxylic acids is 2. The Hall–Kier alpha value is -5.04. The van der Waals surface area contributed by atoms with Gasteiger partial charge < -0.3 is 5.32 Å². The summed E-state index contributed by atoms with van der Waals surface area (Å²) in [6.07, 6.45) is 7.19. The zero-order valence-electron chi connectivity index (χ0n) is 23.3. The van der Waals surface area contributed by atoms with Crippen LogP contribution in [0.2, 0.25) is 0 Å². The number of hydrogen-bond acceptors (Lipinski definition) is 4. The lowest BCUT2D eigenvalue weighted by atomic mass is 9.94. The van der Waals surface area contributed by atoms with Gasteiger partial charge in [-0.25, -0.2) is 4.68 Å². The standard InChI is InChI=1S/C35H33N5O2/c41-34(36-29-17-9-3-10-18-29)33(27-15-7-2-8-16-27)40(31-19-11-4-12-20-31)35(42)28-21-23-30(24-22-28)39-25-32(37-38-39)26-13-5-1-6-14-26/h1-2,4-8,11-16,19-25,29,33H,3,9-10,17-18H2,(H,36,41). The third-order valence-electron chi connectivity index (χ3n) is 7.77. The van der Waals surface area contributed by atoms with Gasteiger partial charge >= 0.3 is 0 Å². The first-order chi connectivity index (χ1) is 20.7. The van der Waals surface area contributed by atoms with Crippen molar-refractivity contribution in [3.63, 3.8) is 0 Å². The van der Waals surface area contributed by atoms with Crippen molar-refractivity contribution in [1.82, 2.24) is 20.3 Å². The van der Waals surface area contributed by atoms with Crippen molar-refractivity contribution in [2.45, 2.75) is 44.2 Å². The molecule has 4 aromatic carbocycles. The summed E-state index contributed by atoms with van der Waals surface area (Å²) in [5.74, 6) is -0.429. The Labute approximate surface area is 245 Å². The minimum absolute atomic E-state index is 0.118. The summed E-state index contributed by atoms with van der Waals surface area (Å²) in [6.45, 7) is 0. The van der Waals surface area contributed by atoms with E-state index in [1.54, 1.807) is 21.7 Å². The van der Waals surface area contributed by atoms with Crippen LogP contribution in [0, 0.1) is 0 Å². The number of anilines is 1. The van der Waals surface area contributed by atoms with Crippen molar-refractivity contribution in [1.29, 1.82) is 0 Å². The van der Waals surface area contributed by atoms with E-state index in [9.17, 15) is 9.59 Å². The summed E-state index contributed by atoms with van der Waals surface area (Å²) < 4.78 is 1.69. The minimum atomic E-state index is -0.827. The summed E-state index contributed by atoms with van der Waals surface area (Å²) >= 11 is 0. The van der Waals surface area contributed by atoms with Gasteiger partial charge in [0.25, 0.3) is 5.91 Å². The van der Waals surface area contributed by atoms with Crippen molar-refractivity contribution in [2.24, 2.45) is 0 Å². The lowest BCUT2D eigenvalue weighted by Gasteiger charge is -2.33. The number of nitrogens with one attached hydrogen (secondary N) is 1. The predicted molar refractivity (Wildman–Crippen MR) is 164 cm³/mol. The SMILES string of the molecule is O=C(NC1CCCCC1)C(c1ccccc1)N(C(=O)c1ccc(-n2cc(-c3ccccc3)nn2)cc1)c1ccccc1. The highest BCUT2D eigenvalue weighted by Gasteiger charge is 2.34. The van der Waals surface area contributed by atoms with Gasteiger partial charge in [0, 0.05) is 22.9 Å². The van der Waals surface area contributed by atoms with Crippen LogP contribution in [0.4, 0.5) is 5.69 Å². The molecule has 1 aliphatic carbocycles. The van der Waals surface area contributed by atoms with Crippen LogP contribution in [0.5, 0.6) is 0 Å². The van der Waals surface area contributed by atoms with Gasteiger partial charge in [-0.2, -0.15) is 0 Å². The number of aromatic nitrogens is 3. The molecule has 42 heavy (non-hydrogen) atoms. The molecule has 1 N–H and O–H groups in total. The molecule has 1 saturated carbocycles. The molecule has 7 nitrogen and oxygen atoms in total. The maximum atomic E-state index is 14.3. The van der Waals surface area contributed by atoms with Crippen LogP contribution in [-0.4, -0.2) is 32.9 Å². The van der Waals surface area contributed by atoms with Gasteiger partial charge in [-0.05, 0) is 54.8 Å². The van der Waals surface area contributed by atoms with E-state index >= 15 is 0 Å². The van der Waals surface area contributed by atoms with Crippen LogP contribution in [0.3, 0.4) is 0 Å². The maximum absolute atomic E-state index is 14.3. The van der Waals surface area contributed by atoms with Crippen LogP contribution in [0.15, 0.2) is 121 Å². The zero-order valence-corrected chi connectivity index (χ0v) is 23.3. The second-order valence-electron chi connectivity index (χ2n) is 10.6. The third kappa shape index (κ3) is 6.00. The molecule has 6 rings (SSSR count). The fourth-order valence-electron chi connectivity index (χ4n) is 5.58. The first-order valence-corrected chi connectivity index (χ1v) is 14.5. The van der Waals surface area contributed by atoms with Gasteiger partial charge in [-0.15, -0.1) is 5.10 Å². The number of carbonyl (C=O) groups is 2. The van der Waals surface area contributed by atoms with E-state index in [0.29, 0.717) is 11.3 Å². The van der Waals surface area contributed by atoms with E-state index in [4.69, 9.17) is 0 Å². The Bertz CT molecular complexity index is 1610. The molecule has 0 radical (unpaired) electrons. The van der Waals surface area contributed by atoms with Crippen molar-refractivity contribution in [2.75, 3.05) is 4.90 Å². The molecule has 0 bridgehead atoms. The summed E-state index contributed by atoms with van der Waals surface area (Å²) in [7, 11) is 0. The van der Waals surface area contributed by atoms with E-state index in [-0.39, 0.29) is 17.9 Å². The molecule has 1 heterocycles. The van der Waals surface area contributed by atoms with E-state index in [1.165, 1.54) is 6.42 Å². The molecular formula is C35H33N5O2. The summed E-state index contributed by atoms with van der Waals surface area (Å²) in [4.78, 5) is 29.9. The number of rotatable bonds is 8. The van der Waals surface area contributed by atoms with E-state index in [1.807, 2.05) is 109 Å².